The van der Waals surface area contributed by atoms with Crippen LogP contribution in [0.2, 0.25) is 0 Å². The molecule has 0 spiro atoms. The van der Waals surface area contributed by atoms with Crippen molar-refractivity contribution in [1.29, 1.82) is 0 Å². The van der Waals surface area contributed by atoms with Gasteiger partial charge in [0, 0.05) is 6.92 Å². The Balaban J connectivity index is 1.72. The Bertz CT molecular complexity index is 985. The largest absolute Gasteiger partial charge is 0.497 e. The number of halogens is 1. The van der Waals surface area contributed by atoms with Crippen molar-refractivity contribution in [2.75, 3.05) is 17.7 Å². The van der Waals surface area contributed by atoms with Crippen molar-refractivity contribution in [3.63, 3.8) is 0 Å². The third-order valence-corrected chi connectivity index (χ3v) is 4.75. The first kappa shape index (κ1) is 18.0. The molecule has 3 aromatic rings. The number of carbonyl (C=O) groups excluding carboxylic acids is 1. The summed E-state index contributed by atoms with van der Waals surface area (Å²) >= 11 is 0. The number of fused-ring (bicyclic) bond motifs is 1. The molecule has 2 atom stereocenters. The molecule has 7 nitrogen and oxygen atoms in total. The Labute approximate surface area is 161 Å². The topological polar surface area (TPSA) is 81.1 Å². The van der Waals surface area contributed by atoms with E-state index in [1.807, 2.05) is 24.3 Å². The van der Waals surface area contributed by atoms with E-state index in [-0.39, 0.29) is 29.8 Å². The number of amides is 1. The molecule has 28 heavy (non-hydrogen) atoms. The number of anilines is 2. The van der Waals surface area contributed by atoms with E-state index in [1.54, 1.807) is 23.9 Å². The minimum Gasteiger partial charge on any atom is -0.497 e. The van der Waals surface area contributed by atoms with Crippen LogP contribution >= 0.6 is 0 Å². The van der Waals surface area contributed by atoms with Gasteiger partial charge in [0.25, 0.3) is 5.95 Å². The van der Waals surface area contributed by atoms with Crippen molar-refractivity contribution in [3.8, 4) is 5.75 Å². The van der Waals surface area contributed by atoms with Crippen LogP contribution in [0.15, 0.2) is 48.5 Å². The zero-order chi connectivity index (χ0) is 19.7. The molecular formula is C20H20FN5O2. The Kier molecular flexibility index (Phi) is 4.68. The lowest BCUT2D eigenvalue weighted by atomic mass is 9.93. The quantitative estimate of drug-likeness (QED) is 0.723. The lowest BCUT2D eigenvalue weighted by Crippen LogP contribution is -2.28. The molecule has 0 aliphatic carbocycles. The SMILES string of the molecule is COc1ccc([C@H]2C[C@@H](c3ccc(F)cc3)n3nc(NC(C)=O)nc3N2)cc1. The van der Waals surface area contributed by atoms with Gasteiger partial charge in [0.05, 0.1) is 19.2 Å². The fourth-order valence-corrected chi connectivity index (χ4v) is 3.41. The van der Waals surface area contributed by atoms with Crippen molar-refractivity contribution in [3.05, 3.63) is 65.5 Å². The van der Waals surface area contributed by atoms with Gasteiger partial charge < -0.3 is 10.1 Å². The smallest absolute Gasteiger partial charge is 0.250 e. The molecule has 1 aromatic heterocycles. The molecule has 4 rings (SSSR count). The molecule has 0 fully saturated rings. The zero-order valence-corrected chi connectivity index (χ0v) is 15.5. The predicted octanol–water partition coefficient (Wildman–Crippen LogP) is 3.53. The van der Waals surface area contributed by atoms with Gasteiger partial charge in [-0.25, -0.2) is 9.07 Å². The van der Waals surface area contributed by atoms with Crippen molar-refractivity contribution in [2.24, 2.45) is 0 Å². The van der Waals surface area contributed by atoms with E-state index in [1.165, 1.54) is 19.1 Å². The van der Waals surface area contributed by atoms with Crippen LogP contribution in [0.5, 0.6) is 5.75 Å². The third kappa shape index (κ3) is 3.53. The second kappa shape index (κ2) is 7.30. The normalized spacial score (nSPS) is 18.1. The maximum absolute atomic E-state index is 13.4. The van der Waals surface area contributed by atoms with Gasteiger partial charge in [-0.05, 0) is 41.8 Å². The summed E-state index contributed by atoms with van der Waals surface area (Å²) in [5.74, 6) is 1.03. The Hall–Kier alpha value is -3.42. The van der Waals surface area contributed by atoms with Gasteiger partial charge in [0.2, 0.25) is 11.9 Å². The fraction of sp³-hybridized carbons (Fsp3) is 0.250. The molecule has 0 radical (unpaired) electrons. The summed E-state index contributed by atoms with van der Waals surface area (Å²) in [7, 11) is 1.63. The van der Waals surface area contributed by atoms with Gasteiger partial charge in [-0.1, -0.05) is 24.3 Å². The van der Waals surface area contributed by atoms with Gasteiger partial charge >= 0.3 is 0 Å². The molecular weight excluding hydrogens is 361 g/mol. The maximum atomic E-state index is 13.4. The second-order valence-electron chi connectivity index (χ2n) is 6.66. The average molecular weight is 381 g/mol. The second-order valence-corrected chi connectivity index (χ2v) is 6.66. The molecule has 0 bridgehead atoms. The van der Waals surface area contributed by atoms with Crippen LogP contribution in [0.25, 0.3) is 0 Å². The number of rotatable bonds is 4. The molecule has 1 aliphatic rings. The zero-order valence-electron chi connectivity index (χ0n) is 15.5. The molecule has 0 saturated heterocycles. The van der Waals surface area contributed by atoms with E-state index in [9.17, 15) is 9.18 Å². The predicted molar refractivity (Wildman–Crippen MR) is 103 cm³/mol. The summed E-state index contributed by atoms with van der Waals surface area (Å²) < 4.78 is 20.4. The van der Waals surface area contributed by atoms with Crippen LogP contribution in [0.3, 0.4) is 0 Å². The highest BCUT2D eigenvalue weighted by molar-refractivity contribution is 5.86. The Morgan fingerprint density at radius 3 is 2.50 bits per heavy atom. The minimum atomic E-state index is -0.290. The minimum absolute atomic E-state index is 0.0252. The van der Waals surface area contributed by atoms with Gasteiger partial charge in [0.15, 0.2) is 0 Å². The Morgan fingerprint density at radius 1 is 1.18 bits per heavy atom. The van der Waals surface area contributed by atoms with Crippen molar-refractivity contribution in [1.82, 2.24) is 14.8 Å². The van der Waals surface area contributed by atoms with Crippen LogP contribution in [0.1, 0.15) is 36.6 Å². The monoisotopic (exact) mass is 381 g/mol. The van der Waals surface area contributed by atoms with E-state index in [2.05, 4.69) is 20.7 Å². The van der Waals surface area contributed by atoms with Crippen molar-refractivity contribution in [2.45, 2.75) is 25.4 Å². The van der Waals surface area contributed by atoms with Gasteiger partial charge in [0.1, 0.15) is 11.6 Å². The highest BCUT2D eigenvalue weighted by Crippen LogP contribution is 2.38. The molecule has 2 aromatic carbocycles. The summed E-state index contributed by atoms with van der Waals surface area (Å²) in [5, 5.41) is 10.4. The van der Waals surface area contributed by atoms with Crippen LogP contribution in [-0.2, 0) is 4.79 Å². The van der Waals surface area contributed by atoms with E-state index in [0.29, 0.717) is 12.4 Å². The molecule has 0 saturated carbocycles. The highest BCUT2D eigenvalue weighted by atomic mass is 19.1. The van der Waals surface area contributed by atoms with Crippen LogP contribution in [0, 0.1) is 5.82 Å². The molecule has 2 heterocycles. The molecule has 0 unspecified atom stereocenters. The Morgan fingerprint density at radius 2 is 1.86 bits per heavy atom. The number of hydrogen-bond acceptors (Lipinski definition) is 5. The molecule has 8 heteroatoms. The van der Waals surface area contributed by atoms with Gasteiger partial charge in [-0.3, -0.25) is 10.1 Å². The number of benzene rings is 2. The highest BCUT2D eigenvalue weighted by Gasteiger charge is 2.31. The summed E-state index contributed by atoms with van der Waals surface area (Å²) in [6, 6.07) is 14.0. The van der Waals surface area contributed by atoms with Gasteiger partial charge in [-0.15, -0.1) is 5.10 Å². The van der Waals surface area contributed by atoms with Crippen LogP contribution in [0.4, 0.5) is 16.3 Å². The number of aromatic nitrogens is 3. The number of ether oxygens (including phenoxy) is 1. The third-order valence-electron chi connectivity index (χ3n) is 4.75. The number of nitrogens with zero attached hydrogens (tertiary/aromatic N) is 3. The summed E-state index contributed by atoms with van der Waals surface area (Å²) in [6.07, 6.45) is 0.688. The van der Waals surface area contributed by atoms with E-state index < -0.39 is 0 Å². The molecule has 1 aliphatic heterocycles. The summed E-state index contributed by atoms with van der Waals surface area (Å²) in [5.41, 5.74) is 1.99. The lowest BCUT2D eigenvalue weighted by Gasteiger charge is -2.31. The van der Waals surface area contributed by atoms with Crippen molar-refractivity contribution < 1.29 is 13.9 Å². The first-order chi connectivity index (χ1) is 13.5. The molecule has 2 N–H and O–H groups in total. The first-order valence-electron chi connectivity index (χ1n) is 8.93. The van der Waals surface area contributed by atoms with Crippen molar-refractivity contribution >= 4 is 17.8 Å². The molecule has 144 valence electrons. The molecule has 1 amide bonds. The first-order valence-corrected chi connectivity index (χ1v) is 8.93. The van der Waals surface area contributed by atoms with E-state index in [4.69, 9.17) is 4.74 Å². The van der Waals surface area contributed by atoms with Crippen LogP contribution in [-0.4, -0.2) is 27.8 Å². The summed E-state index contributed by atoms with van der Waals surface area (Å²) in [6.45, 7) is 1.41. The fourth-order valence-electron chi connectivity index (χ4n) is 3.41. The van der Waals surface area contributed by atoms with E-state index in [0.717, 1.165) is 16.9 Å². The number of carbonyl (C=O) groups is 1. The average Bonchev–Trinajstić information content (AvgIpc) is 3.09. The van der Waals surface area contributed by atoms with E-state index >= 15 is 0 Å². The lowest BCUT2D eigenvalue weighted by molar-refractivity contribution is -0.114. The standard InChI is InChI=1S/C20H20FN5O2/c1-12(27)22-19-24-20-23-17(13-5-9-16(28-2)10-6-13)11-18(26(20)25-19)14-3-7-15(21)8-4-14/h3-10,17-18H,11H2,1-2H3,(H2,22,23,24,25,27)/t17-,18+/m1/s1. The number of methoxy groups -OCH3 is 1. The number of hydrogen-bond donors (Lipinski definition) is 2. The van der Waals surface area contributed by atoms with Gasteiger partial charge in [-0.2, -0.15) is 4.98 Å². The van der Waals surface area contributed by atoms with Crippen LogP contribution < -0.4 is 15.4 Å². The number of nitrogens with one attached hydrogen (secondary N) is 2. The summed E-state index contributed by atoms with van der Waals surface area (Å²) in [4.78, 5) is 15.8. The maximum Gasteiger partial charge on any atom is 0.250 e.